The molecule has 22 heavy (non-hydrogen) atoms. The van der Waals surface area contributed by atoms with Crippen molar-refractivity contribution in [2.24, 2.45) is 0 Å². The smallest absolute Gasteiger partial charge is 0.281 e. The molecule has 8 nitrogen and oxygen atoms in total. The molecule has 0 spiro atoms. The molecule has 0 aliphatic heterocycles. The van der Waals surface area contributed by atoms with E-state index >= 15 is 0 Å². The summed E-state index contributed by atoms with van der Waals surface area (Å²) >= 11 is 0. The number of likely N-dealkylation sites (N-methyl/N-ethyl adjacent to an activating group) is 1. The van der Waals surface area contributed by atoms with Crippen molar-refractivity contribution >= 4 is 33.4 Å². The zero-order valence-electron chi connectivity index (χ0n) is 13.0. The summed E-state index contributed by atoms with van der Waals surface area (Å²) < 4.78 is 25.6. The van der Waals surface area contributed by atoms with Crippen molar-refractivity contribution in [2.75, 3.05) is 38.3 Å². The zero-order valence-corrected chi connectivity index (χ0v) is 13.8. The second kappa shape index (κ2) is 7.34. The molecule has 0 unspecified atom stereocenters. The van der Waals surface area contributed by atoms with E-state index < -0.39 is 16.1 Å². The highest BCUT2D eigenvalue weighted by molar-refractivity contribution is 7.86. The summed E-state index contributed by atoms with van der Waals surface area (Å²) in [5.74, 6) is -0.701. The van der Waals surface area contributed by atoms with E-state index in [1.165, 1.54) is 28.1 Å². The lowest BCUT2D eigenvalue weighted by Gasteiger charge is -2.20. The van der Waals surface area contributed by atoms with Crippen LogP contribution in [-0.4, -0.2) is 56.5 Å². The van der Waals surface area contributed by atoms with E-state index in [2.05, 4.69) is 10.6 Å². The molecular formula is C13H20N4O4S. The first-order chi connectivity index (χ1) is 10.1. The van der Waals surface area contributed by atoms with Crippen molar-refractivity contribution in [3.05, 3.63) is 24.3 Å². The van der Waals surface area contributed by atoms with Crippen molar-refractivity contribution < 1.29 is 18.0 Å². The van der Waals surface area contributed by atoms with Crippen LogP contribution in [0.5, 0.6) is 0 Å². The fourth-order valence-electron chi connectivity index (χ4n) is 1.64. The molecule has 9 heteroatoms. The minimum Gasteiger partial charge on any atom is -0.326 e. The Balaban J connectivity index is 2.72. The quantitative estimate of drug-likeness (QED) is 0.786. The van der Waals surface area contributed by atoms with Crippen LogP contribution in [0.1, 0.15) is 6.92 Å². The van der Waals surface area contributed by atoms with Crippen LogP contribution in [0.3, 0.4) is 0 Å². The van der Waals surface area contributed by atoms with E-state index in [-0.39, 0.29) is 12.5 Å². The molecule has 1 aromatic carbocycles. The van der Waals surface area contributed by atoms with E-state index in [0.717, 1.165) is 8.61 Å². The number of benzene rings is 1. The second-order valence-corrected chi connectivity index (χ2v) is 7.11. The maximum Gasteiger partial charge on any atom is 0.281 e. The monoisotopic (exact) mass is 328 g/mol. The molecule has 1 rings (SSSR count). The Hall–Kier alpha value is -1.97. The number of rotatable bonds is 6. The summed E-state index contributed by atoms with van der Waals surface area (Å²) in [5.41, 5.74) is 1.01. The van der Waals surface area contributed by atoms with Gasteiger partial charge in [-0.25, -0.2) is 0 Å². The topological polar surface area (TPSA) is 98.8 Å². The predicted octanol–water partition coefficient (Wildman–Crippen LogP) is 0.322. The molecule has 0 bridgehead atoms. The number of hydrogen-bond donors (Lipinski definition) is 2. The Morgan fingerprint density at radius 1 is 1.09 bits per heavy atom. The number of carbonyl (C=O) groups is 2. The number of amides is 2. The third-order valence-corrected chi connectivity index (χ3v) is 4.53. The van der Waals surface area contributed by atoms with Gasteiger partial charge in [0.1, 0.15) is 0 Å². The van der Waals surface area contributed by atoms with Gasteiger partial charge in [-0.3, -0.25) is 9.59 Å². The van der Waals surface area contributed by atoms with Crippen molar-refractivity contribution in [3.63, 3.8) is 0 Å². The van der Waals surface area contributed by atoms with Crippen molar-refractivity contribution in [1.29, 1.82) is 0 Å². The highest BCUT2D eigenvalue weighted by Crippen LogP contribution is 2.15. The van der Waals surface area contributed by atoms with Crippen LogP contribution in [0.4, 0.5) is 11.4 Å². The number of nitrogens with zero attached hydrogens (tertiary/aromatic N) is 2. The molecule has 0 fully saturated rings. The molecule has 0 saturated heterocycles. The maximum absolute atomic E-state index is 11.9. The van der Waals surface area contributed by atoms with Crippen LogP contribution in [0, 0.1) is 0 Å². The van der Waals surface area contributed by atoms with Crippen LogP contribution in [0.15, 0.2) is 24.3 Å². The second-order valence-electron chi connectivity index (χ2n) is 4.86. The van der Waals surface area contributed by atoms with Crippen LogP contribution in [0.25, 0.3) is 0 Å². The van der Waals surface area contributed by atoms with E-state index in [9.17, 15) is 18.0 Å². The average molecular weight is 328 g/mol. The third kappa shape index (κ3) is 5.10. The van der Waals surface area contributed by atoms with Gasteiger partial charge in [0.25, 0.3) is 10.2 Å². The molecule has 2 N–H and O–H groups in total. The molecule has 2 amide bonds. The Labute approximate surface area is 130 Å². The molecule has 0 saturated carbocycles. The van der Waals surface area contributed by atoms with E-state index in [1.54, 1.807) is 24.3 Å². The summed E-state index contributed by atoms with van der Waals surface area (Å²) in [5, 5.41) is 5.18. The lowest BCUT2D eigenvalue weighted by atomic mass is 10.2. The fraction of sp³-hybridized carbons (Fsp3) is 0.385. The summed E-state index contributed by atoms with van der Waals surface area (Å²) in [6.07, 6.45) is 0. The first-order valence-electron chi connectivity index (χ1n) is 6.44. The molecule has 0 heterocycles. The van der Waals surface area contributed by atoms with Gasteiger partial charge < -0.3 is 10.6 Å². The van der Waals surface area contributed by atoms with Crippen LogP contribution in [0.2, 0.25) is 0 Å². The van der Waals surface area contributed by atoms with Gasteiger partial charge in [-0.05, 0) is 18.2 Å². The summed E-state index contributed by atoms with van der Waals surface area (Å²) in [4.78, 5) is 22.9. The molecular weight excluding hydrogens is 308 g/mol. The van der Waals surface area contributed by atoms with Gasteiger partial charge in [0, 0.05) is 39.4 Å². The molecule has 0 aromatic heterocycles. The number of anilines is 2. The number of nitrogens with one attached hydrogen (secondary N) is 2. The molecule has 122 valence electrons. The lowest BCUT2D eigenvalue weighted by molar-refractivity contribution is -0.116. The Morgan fingerprint density at radius 2 is 1.64 bits per heavy atom. The van der Waals surface area contributed by atoms with Gasteiger partial charge in [-0.2, -0.15) is 17.0 Å². The standard InChI is InChI=1S/C13H20N4O4S/c1-10(18)14-11-6-5-7-12(8-11)15-13(19)9-17(4)22(20,21)16(2)3/h5-8H,9H2,1-4H3,(H,14,18)(H,15,19). The predicted molar refractivity (Wildman–Crippen MR) is 84.6 cm³/mol. The molecule has 0 aliphatic rings. The Kier molecular flexibility index (Phi) is 6.03. The van der Waals surface area contributed by atoms with Crippen molar-refractivity contribution in [2.45, 2.75) is 6.92 Å². The van der Waals surface area contributed by atoms with Crippen LogP contribution < -0.4 is 10.6 Å². The first-order valence-corrected chi connectivity index (χ1v) is 7.84. The minimum absolute atomic E-state index is 0.222. The molecule has 0 aliphatic carbocycles. The summed E-state index contributed by atoms with van der Waals surface area (Å²) in [7, 11) is 0.462. The zero-order chi connectivity index (χ0) is 16.9. The molecule has 0 radical (unpaired) electrons. The minimum atomic E-state index is -3.64. The number of carbonyl (C=O) groups excluding carboxylic acids is 2. The largest absolute Gasteiger partial charge is 0.326 e. The Morgan fingerprint density at radius 3 is 2.14 bits per heavy atom. The molecule has 0 atom stereocenters. The average Bonchev–Trinajstić information content (AvgIpc) is 2.37. The Bertz CT molecular complexity index is 658. The van der Waals surface area contributed by atoms with Crippen molar-refractivity contribution in [3.8, 4) is 0 Å². The lowest BCUT2D eigenvalue weighted by Crippen LogP contribution is -2.41. The van der Waals surface area contributed by atoms with Crippen LogP contribution >= 0.6 is 0 Å². The maximum atomic E-state index is 11.9. The first kappa shape index (κ1) is 18.1. The van der Waals surface area contributed by atoms with Crippen molar-refractivity contribution in [1.82, 2.24) is 8.61 Å². The summed E-state index contributed by atoms with van der Waals surface area (Å²) in [6.45, 7) is 1.07. The highest BCUT2D eigenvalue weighted by Gasteiger charge is 2.22. The summed E-state index contributed by atoms with van der Waals surface area (Å²) in [6, 6.07) is 6.57. The van der Waals surface area contributed by atoms with E-state index in [0.29, 0.717) is 11.4 Å². The van der Waals surface area contributed by atoms with Gasteiger partial charge in [-0.15, -0.1) is 0 Å². The highest BCUT2D eigenvalue weighted by atomic mass is 32.2. The molecule has 1 aromatic rings. The van der Waals surface area contributed by atoms with Crippen LogP contribution in [-0.2, 0) is 19.8 Å². The fourth-order valence-corrected chi connectivity index (χ4v) is 2.48. The van der Waals surface area contributed by atoms with Gasteiger partial charge in [0.05, 0.1) is 6.54 Å². The third-order valence-electron chi connectivity index (χ3n) is 2.69. The van der Waals surface area contributed by atoms with Gasteiger partial charge in [0.2, 0.25) is 11.8 Å². The van der Waals surface area contributed by atoms with Gasteiger partial charge in [-0.1, -0.05) is 6.07 Å². The van der Waals surface area contributed by atoms with E-state index in [4.69, 9.17) is 0 Å². The SMILES string of the molecule is CC(=O)Nc1cccc(NC(=O)CN(C)S(=O)(=O)N(C)C)c1. The van der Waals surface area contributed by atoms with Gasteiger partial charge in [0.15, 0.2) is 0 Å². The normalized spacial score (nSPS) is 11.5. The van der Waals surface area contributed by atoms with Gasteiger partial charge >= 0.3 is 0 Å². The number of hydrogen-bond acceptors (Lipinski definition) is 4. The van der Waals surface area contributed by atoms with E-state index in [1.807, 2.05) is 0 Å².